The predicted molar refractivity (Wildman–Crippen MR) is 75.7 cm³/mol. The monoisotopic (exact) mass is 253 g/mol. The average Bonchev–Trinajstić information content (AvgIpc) is 2.76. The minimum atomic E-state index is -0.245. The van der Waals surface area contributed by atoms with Crippen molar-refractivity contribution in [3.8, 4) is 11.1 Å². The molecule has 0 radical (unpaired) electrons. The number of fused-ring (bicyclic) bond motifs is 3. The lowest BCUT2D eigenvalue weighted by atomic mass is 10.1. The SMILES string of the molecule is C[C@H]([NH3+])C(=O)Nc1ccc2c(c1)Cc1ccccc1-2. The summed E-state index contributed by atoms with van der Waals surface area (Å²) in [4.78, 5) is 11.7. The quantitative estimate of drug-likeness (QED) is 0.719. The molecule has 0 fully saturated rings. The van der Waals surface area contributed by atoms with Gasteiger partial charge in [0.1, 0.15) is 0 Å². The van der Waals surface area contributed by atoms with Crippen LogP contribution >= 0.6 is 0 Å². The van der Waals surface area contributed by atoms with Crippen molar-refractivity contribution in [1.82, 2.24) is 0 Å². The summed E-state index contributed by atoms with van der Waals surface area (Å²) in [7, 11) is 0. The Morgan fingerprint density at radius 2 is 1.89 bits per heavy atom. The molecular formula is C16H17N2O+. The summed E-state index contributed by atoms with van der Waals surface area (Å²) in [5.41, 5.74) is 9.79. The van der Waals surface area contributed by atoms with Crippen molar-refractivity contribution in [2.24, 2.45) is 0 Å². The van der Waals surface area contributed by atoms with Crippen LogP contribution in [0.5, 0.6) is 0 Å². The lowest BCUT2D eigenvalue weighted by molar-refractivity contribution is -0.396. The Kier molecular flexibility index (Phi) is 2.84. The van der Waals surface area contributed by atoms with Crippen molar-refractivity contribution >= 4 is 11.6 Å². The van der Waals surface area contributed by atoms with Gasteiger partial charge in [0.25, 0.3) is 5.91 Å². The first-order chi connectivity index (χ1) is 9.15. The zero-order chi connectivity index (χ0) is 13.4. The number of anilines is 1. The van der Waals surface area contributed by atoms with Gasteiger partial charge in [-0.3, -0.25) is 4.79 Å². The van der Waals surface area contributed by atoms with Gasteiger partial charge in [0.15, 0.2) is 6.04 Å². The molecule has 4 N–H and O–H groups in total. The van der Waals surface area contributed by atoms with E-state index in [1.54, 1.807) is 6.92 Å². The summed E-state index contributed by atoms with van der Waals surface area (Å²) in [6.45, 7) is 1.79. The van der Waals surface area contributed by atoms with Gasteiger partial charge in [-0.1, -0.05) is 30.3 Å². The Hall–Kier alpha value is -2.13. The van der Waals surface area contributed by atoms with Crippen LogP contribution in [0, 0.1) is 0 Å². The van der Waals surface area contributed by atoms with Gasteiger partial charge in [0.05, 0.1) is 0 Å². The second kappa shape index (κ2) is 4.52. The number of nitrogens with one attached hydrogen (secondary N) is 1. The summed E-state index contributed by atoms with van der Waals surface area (Å²) >= 11 is 0. The van der Waals surface area contributed by atoms with Crippen LogP contribution in [-0.2, 0) is 11.2 Å². The van der Waals surface area contributed by atoms with Crippen molar-refractivity contribution in [2.45, 2.75) is 19.4 Å². The highest BCUT2D eigenvalue weighted by molar-refractivity contribution is 5.94. The molecule has 3 nitrogen and oxygen atoms in total. The Labute approximate surface area is 112 Å². The molecule has 1 atom stereocenters. The van der Waals surface area contributed by atoms with E-state index in [1.165, 1.54) is 22.3 Å². The summed E-state index contributed by atoms with van der Waals surface area (Å²) in [6, 6.07) is 14.3. The fourth-order valence-corrected chi connectivity index (χ4v) is 2.49. The number of quaternary nitrogens is 1. The molecule has 2 aromatic rings. The van der Waals surface area contributed by atoms with Crippen molar-refractivity contribution in [3.63, 3.8) is 0 Å². The summed E-state index contributed by atoms with van der Waals surface area (Å²) in [6.07, 6.45) is 0.940. The maximum absolute atomic E-state index is 11.7. The highest BCUT2D eigenvalue weighted by atomic mass is 16.2. The number of carbonyl (C=O) groups is 1. The van der Waals surface area contributed by atoms with Gasteiger partial charge < -0.3 is 11.1 Å². The topological polar surface area (TPSA) is 56.7 Å². The molecule has 96 valence electrons. The molecule has 0 aliphatic heterocycles. The van der Waals surface area contributed by atoms with Crippen molar-refractivity contribution < 1.29 is 10.5 Å². The Morgan fingerprint density at radius 3 is 2.68 bits per heavy atom. The van der Waals surface area contributed by atoms with Crippen LogP contribution in [0.1, 0.15) is 18.1 Å². The van der Waals surface area contributed by atoms with E-state index in [1.807, 2.05) is 6.07 Å². The van der Waals surface area contributed by atoms with Crippen molar-refractivity contribution in [3.05, 3.63) is 53.6 Å². The van der Waals surface area contributed by atoms with E-state index in [9.17, 15) is 4.79 Å². The zero-order valence-corrected chi connectivity index (χ0v) is 10.9. The van der Waals surface area contributed by atoms with Crippen LogP contribution in [0.25, 0.3) is 11.1 Å². The van der Waals surface area contributed by atoms with Gasteiger partial charge in [0.2, 0.25) is 0 Å². The molecular weight excluding hydrogens is 236 g/mol. The molecule has 1 aliphatic carbocycles. The van der Waals surface area contributed by atoms with Crippen LogP contribution in [0.4, 0.5) is 5.69 Å². The van der Waals surface area contributed by atoms with E-state index in [4.69, 9.17) is 0 Å². The largest absolute Gasteiger partial charge is 0.348 e. The molecule has 0 bridgehead atoms. The minimum absolute atomic E-state index is 0.0459. The van der Waals surface area contributed by atoms with E-state index in [2.05, 4.69) is 47.4 Å². The van der Waals surface area contributed by atoms with E-state index in [0.717, 1.165) is 12.1 Å². The lowest BCUT2D eigenvalue weighted by Gasteiger charge is -2.08. The maximum atomic E-state index is 11.7. The molecule has 2 aromatic carbocycles. The molecule has 1 amide bonds. The molecule has 3 heteroatoms. The van der Waals surface area contributed by atoms with E-state index < -0.39 is 0 Å². The van der Waals surface area contributed by atoms with Crippen LogP contribution in [0.3, 0.4) is 0 Å². The lowest BCUT2D eigenvalue weighted by Crippen LogP contribution is -2.64. The van der Waals surface area contributed by atoms with Crippen LogP contribution in [-0.4, -0.2) is 11.9 Å². The number of hydrogen-bond donors (Lipinski definition) is 2. The van der Waals surface area contributed by atoms with E-state index in [0.29, 0.717) is 0 Å². The second-order valence-electron chi connectivity index (χ2n) is 5.10. The number of hydrogen-bond acceptors (Lipinski definition) is 1. The smallest absolute Gasteiger partial charge is 0.282 e. The summed E-state index contributed by atoms with van der Waals surface area (Å²) in [5, 5.41) is 2.90. The second-order valence-corrected chi connectivity index (χ2v) is 5.10. The summed E-state index contributed by atoms with van der Waals surface area (Å²) < 4.78 is 0. The molecule has 0 saturated heterocycles. The standard InChI is InChI=1S/C16H16N2O/c1-10(17)16(19)18-13-6-7-15-12(9-13)8-11-4-2-3-5-14(11)15/h2-7,9-10H,8,17H2,1H3,(H,18,19)/p+1/t10-/m0/s1. The molecule has 0 aromatic heterocycles. The fraction of sp³-hybridized carbons (Fsp3) is 0.188. The average molecular weight is 253 g/mol. The Bertz CT molecular complexity index is 647. The first-order valence-corrected chi connectivity index (χ1v) is 6.50. The molecule has 1 aliphatic rings. The molecule has 0 spiro atoms. The van der Waals surface area contributed by atoms with Gasteiger partial charge in [-0.25, -0.2) is 0 Å². The number of benzene rings is 2. The molecule has 0 unspecified atom stereocenters. The number of carbonyl (C=O) groups excluding carboxylic acids is 1. The highest BCUT2D eigenvalue weighted by Gasteiger charge is 2.18. The first-order valence-electron chi connectivity index (χ1n) is 6.50. The third-order valence-corrected chi connectivity index (χ3v) is 3.51. The molecule has 0 saturated carbocycles. The zero-order valence-electron chi connectivity index (χ0n) is 10.9. The maximum Gasteiger partial charge on any atom is 0.282 e. The van der Waals surface area contributed by atoms with Crippen LogP contribution in [0.2, 0.25) is 0 Å². The van der Waals surface area contributed by atoms with Crippen LogP contribution < -0.4 is 11.1 Å². The van der Waals surface area contributed by atoms with E-state index in [-0.39, 0.29) is 11.9 Å². The normalized spacial score (nSPS) is 13.6. The molecule has 19 heavy (non-hydrogen) atoms. The van der Waals surface area contributed by atoms with Gasteiger partial charge >= 0.3 is 0 Å². The molecule has 3 rings (SSSR count). The minimum Gasteiger partial charge on any atom is -0.348 e. The third kappa shape index (κ3) is 2.13. The van der Waals surface area contributed by atoms with Crippen LogP contribution in [0.15, 0.2) is 42.5 Å². The summed E-state index contributed by atoms with van der Waals surface area (Å²) in [5.74, 6) is -0.0459. The highest BCUT2D eigenvalue weighted by Crippen LogP contribution is 2.37. The predicted octanol–water partition coefficient (Wildman–Crippen LogP) is 1.83. The van der Waals surface area contributed by atoms with Gasteiger partial charge in [-0.2, -0.15) is 0 Å². The first kappa shape index (κ1) is 11.9. The molecule has 0 heterocycles. The van der Waals surface area contributed by atoms with Crippen molar-refractivity contribution in [1.29, 1.82) is 0 Å². The Balaban J connectivity index is 1.91. The van der Waals surface area contributed by atoms with Gasteiger partial charge in [-0.05, 0) is 47.7 Å². The van der Waals surface area contributed by atoms with Crippen molar-refractivity contribution in [2.75, 3.05) is 5.32 Å². The number of rotatable bonds is 2. The third-order valence-electron chi connectivity index (χ3n) is 3.51. The Morgan fingerprint density at radius 1 is 1.16 bits per heavy atom. The van der Waals surface area contributed by atoms with Gasteiger partial charge in [0, 0.05) is 5.69 Å². The van der Waals surface area contributed by atoms with E-state index >= 15 is 0 Å². The number of amides is 1. The fourth-order valence-electron chi connectivity index (χ4n) is 2.49. The van der Waals surface area contributed by atoms with Gasteiger partial charge in [-0.15, -0.1) is 0 Å².